The fraction of sp³-hybridized carbons (Fsp3) is 0.364. The van der Waals surface area contributed by atoms with Gasteiger partial charge in [-0.05, 0) is 18.6 Å². The van der Waals surface area contributed by atoms with Crippen molar-refractivity contribution in [1.29, 1.82) is 0 Å². The molecular formula is C11H11F4NOS. The van der Waals surface area contributed by atoms with E-state index in [4.69, 9.17) is 22.7 Å². The van der Waals surface area contributed by atoms with E-state index in [1.54, 1.807) is 19.1 Å². The van der Waals surface area contributed by atoms with E-state index in [2.05, 4.69) is 0 Å². The molecule has 0 atom stereocenters. The number of halogens is 4. The molecule has 100 valence electrons. The van der Waals surface area contributed by atoms with Crippen LogP contribution in [-0.4, -0.2) is 23.9 Å². The molecule has 0 aromatic heterocycles. The van der Waals surface area contributed by atoms with Gasteiger partial charge in [-0.3, -0.25) is 0 Å². The SMILES string of the molecule is Cc1cccc(C(N)=S)c1OCC(F)(F)C(F)F. The second kappa shape index (κ2) is 5.51. The summed E-state index contributed by atoms with van der Waals surface area (Å²) in [5, 5.41) is 0. The molecule has 0 fully saturated rings. The molecule has 0 heterocycles. The van der Waals surface area contributed by atoms with Crippen molar-refractivity contribution in [2.75, 3.05) is 6.61 Å². The number of para-hydroxylation sites is 1. The number of hydrogen-bond donors (Lipinski definition) is 1. The Bertz CT molecular complexity index is 451. The summed E-state index contributed by atoms with van der Waals surface area (Å²) in [6, 6.07) is 4.67. The average Bonchev–Trinajstić information content (AvgIpc) is 2.26. The Morgan fingerprint density at radius 3 is 2.56 bits per heavy atom. The molecule has 0 bridgehead atoms. The van der Waals surface area contributed by atoms with Crippen LogP contribution in [0.5, 0.6) is 5.75 Å². The van der Waals surface area contributed by atoms with Crippen molar-refractivity contribution in [3.8, 4) is 5.75 Å². The van der Waals surface area contributed by atoms with Gasteiger partial charge in [0, 0.05) is 0 Å². The maximum Gasteiger partial charge on any atom is 0.340 e. The van der Waals surface area contributed by atoms with Crippen molar-refractivity contribution < 1.29 is 22.3 Å². The van der Waals surface area contributed by atoms with Gasteiger partial charge < -0.3 is 10.5 Å². The number of alkyl halides is 4. The number of hydrogen-bond acceptors (Lipinski definition) is 2. The molecule has 0 saturated heterocycles. The number of thiocarbonyl (C=S) groups is 1. The molecule has 0 aliphatic rings. The number of ether oxygens (including phenoxy) is 1. The molecule has 0 radical (unpaired) electrons. The summed E-state index contributed by atoms with van der Waals surface area (Å²) in [5.41, 5.74) is 6.13. The van der Waals surface area contributed by atoms with Crippen LogP contribution in [0.25, 0.3) is 0 Å². The van der Waals surface area contributed by atoms with E-state index in [0.29, 0.717) is 5.56 Å². The van der Waals surface area contributed by atoms with Crippen molar-refractivity contribution >= 4 is 17.2 Å². The van der Waals surface area contributed by atoms with Crippen molar-refractivity contribution in [2.45, 2.75) is 19.3 Å². The minimum atomic E-state index is -4.21. The lowest BCUT2D eigenvalue weighted by molar-refractivity contribution is -0.148. The normalized spacial score (nSPS) is 11.7. The summed E-state index contributed by atoms with van der Waals surface area (Å²) in [6.45, 7) is 0.156. The molecule has 2 N–H and O–H groups in total. The molecule has 1 aromatic carbocycles. The van der Waals surface area contributed by atoms with Crippen LogP contribution >= 0.6 is 12.2 Å². The largest absolute Gasteiger partial charge is 0.486 e. The van der Waals surface area contributed by atoms with E-state index in [1.165, 1.54) is 6.07 Å². The quantitative estimate of drug-likeness (QED) is 0.666. The van der Waals surface area contributed by atoms with Gasteiger partial charge in [0.05, 0.1) is 5.56 Å². The number of aryl methyl sites for hydroxylation is 1. The topological polar surface area (TPSA) is 35.2 Å². The second-order valence-corrected chi connectivity index (χ2v) is 4.11. The third kappa shape index (κ3) is 3.32. The van der Waals surface area contributed by atoms with Crippen molar-refractivity contribution in [3.63, 3.8) is 0 Å². The molecule has 18 heavy (non-hydrogen) atoms. The van der Waals surface area contributed by atoms with Crippen molar-refractivity contribution in [2.24, 2.45) is 5.73 Å². The zero-order valence-electron chi connectivity index (χ0n) is 9.42. The Kier molecular flexibility index (Phi) is 4.50. The lowest BCUT2D eigenvalue weighted by Gasteiger charge is -2.18. The zero-order chi connectivity index (χ0) is 13.9. The highest BCUT2D eigenvalue weighted by atomic mass is 32.1. The first-order valence-corrected chi connectivity index (χ1v) is 5.34. The van der Waals surface area contributed by atoms with Crippen LogP contribution in [0.2, 0.25) is 0 Å². The Morgan fingerprint density at radius 1 is 1.44 bits per heavy atom. The predicted octanol–water partition coefficient (Wildman–Crippen LogP) is 2.91. The van der Waals surface area contributed by atoms with Crippen LogP contribution in [0.4, 0.5) is 17.6 Å². The Hall–Kier alpha value is -1.37. The fourth-order valence-electron chi connectivity index (χ4n) is 1.27. The fourth-order valence-corrected chi connectivity index (χ4v) is 1.43. The van der Waals surface area contributed by atoms with Crippen LogP contribution in [0, 0.1) is 6.92 Å². The molecule has 0 aliphatic carbocycles. The van der Waals surface area contributed by atoms with Gasteiger partial charge in [-0.25, -0.2) is 8.78 Å². The maximum atomic E-state index is 12.8. The summed E-state index contributed by atoms with van der Waals surface area (Å²) in [6.07, 6.45) is -3.78. The molecular weight excluding hydrogens is 270 g/mol. The van der Waals surface area contributed by atoms with Gasteiger partial charge in [0.25, 0.3) is 0 Å². The molecule has 0 spiro atoms. The minimum absolute atomic E-state index is 0.00493. The van der Waals surface area contributed by atoms with E-state index < -0.39 is 19.0 Å². The minimum Gasteiger partial charge on any atom is -0.486 e. The highest BCUT2D eigenvalue weighted by Crippen LogP contribution is 2.28. The summed E-state index contributed by atoms with van der Waals surface area (Å²) in [5.74, 6) is -4.21. The predicted molar refractivity (Wildman–Crippen MR) is 63.5 cm³/mol. The van der Waals surface area contributed by atoms with Gasteiger partial charge in [-0.1, -0.05) is 24.4 Å². The summed E-state index contributed by atoms with van der Waals surface area (Å²) < 4.78 is 54.3. The molecule has 0 amide bonds. The Labute approximate surface area is 107 Å². The summed E-state index contributed by atoms with van der Waals surface area (Å²) in [7, 11) is 0. The van der Waals surface area contributed by atoms with Gasteiger partial charge in [0.15, 0.2) is 6.61 Å². The first-order valence-electron chi connectivity index (χ1n) is 4.94. The molecule has 2 nitrogen and oxygen atoms in total. The third-order valence-electron chi connectivity index (χ3n) is 2.21. The van der Waals surface area contributed by atoms with Crippen molar-refractivity contribution in [1.82, 2.24) is 0 Å². The zero-order valence-corrected chi connectivity index (χ0v) is 10.2. The maximum absolute atomic E-state index is 12.8. The van der Waals surface area contributed by atoms with E-state index in [-0.39, 0.29) is 16.3 Å². The van der Waals surface area contributed by atoms with E-state index >= 15 is 0 Å². The van der Waals surface area contributed by atoms with Gasteiger partial charge in [0.2, 0.25) is 0 Å². The first kappa shape index (κ1) is 14.7. The lowest BCUT2D eigenvalue weighted by atomic mass is 10.1. The summed E-state index contributed by atoms with van der Waals surface area (Å²) in [4.78, 5) is -0.0472. The lowest BCUT2D eigenvalue weighted by Crippen LogP contribution is -2.34. The molecule has 1 rings (SSSR count). The van der Waals surface area contributed by atoms with Crippen LogP contribution in [0.3, 0.4) is 0 Å². The van der Waals surface area contributed by atoms with Crippen LogP contribution in [0.15, 0.2) is 18.2 Å². The van der Waals surface area contributed by atoms with Gasteiger partial charge >= 0.3 is 12.3 Å². The highest BCUT2D eigenvalue weighted by molar-refractivity contribution is 7.80. The third-order valence-corrected chi connectivity index (χ3v) is 2.43. The monoisotopic (exact) mass is 281 g/mol. The van der Waals surface area contributed by atoms with Gasteiger partial charge in [-0.15, -0.1) is 0 Å². The number of rotatable bonds is 5. The van der Waals surface area contributed by atoms with Gasteiger partial charge in [0.1, 0.15) is 10.7 Å². The van der Waals surface area contributed by atoms with Crippen molar-refractivity contribution in [3.05, 3.63) is 29.3 Å². The first-order chi connectivity index (χ1) is 8.25. The van der Waals surface area contributed by atoms with E-state index in [1.807, 2.05) is 0 Å². The number of benzene rings is 1. The average molecular weight is 281 g/mol. The standard InChI is InChI=1S/C11H11F4NOS/c1-6-3-2-4-7(9(16)18)8(6)17-5-11(14,15)10(12)13/h2-4,10H,5H2,1H3,(H2,16,18). The Morgan fingerprint density at radius 2 is 2.06 bits per heavy atom. The van der Waals surface area contributed by atoms with Crippen LogP contribution in [0.1, 0.15) is 11.1 Å². The van der Waals surface area contributed by atoms with E-state index in [9.17, 15) is 17.6 Å². The smallest absolute Gasteiger partial charge is 0.340 e. The van der Waals surface area contributed by atoms with Gasteiger partial charge in [-0.2, -0.15) is 8.78 Å². The van der Waals surface area contributed by atoms with E-state index in [0.717, 1.165) is 0 Å². The molecule has 1 aromatic rings. The second-order valence-electron chi connectivity index (χ2n) is 3.67. The summed E-state index contributed by atoms with van der Waals surface area (Å²) >= 11 is 4.73. The highest BCUT2D eigenvalue weighted by Gasteiger charge is 2.42. The molecule has 0 aliphatic heterocycles. The van der Waals surface area contributed by atoms with Crippen LogP contribution < -0.4 is 10.5 Å². The molecule has 7 heteroatoms. The van der Waals surface area contributed by atoms with Crippen LogP contribution in [-0.2, 0) is 0 Å². The number of nitrogens with two attached hydrogens (primary N) is 1. The molecule has 0 unspecified atom stereocenters. The molecule has 0 saturated carbocycles. The Balaban J connectivity index is 2.95.